The lowest BCUT2D eigenvalue weighted by Crippen LogP contribution is -2.41. The molecule has 28 heavy (non-hydrogen) atoms. The molecule has 0 spiro atoms. The van der Waals surface area contributed by atoms with Crippen LogP contribution >= 0.6 is 0 Å². The van der Waals surface area contributed by atoms with Crippen LogP contribution in [0.2, 0.25) is 0 Å². The van der Waals surface area contributed by atoms with E-state index in [9.17, 15) is 13.2 Å². The van der Waals surface area contributed by atoms with Crippen molar-refractivity contribution in [3.63, 3.8) is 0 Å². The number of nitrogens with one attached hydrogen (secondary N) is 1. The lowest BCUT2D eigenvalue weighted by molar-refractivity contribution is -0.120. The van der Waals surface area contributed by atoms with Gasteiger partial charge in [-0.15, -0.1) is 0 Å². The molecular weight excluding hydrogens is 380 g/mol. The molecule has 1 N–H and O–H groups in total. The van der Waals surface area contributed by atoms with Crippen molar-refractivity contribution in [3.05, 3.63) is 53.1 Å². The number of anilines is 1. The summed E-state index contributed by atoms with van der Waals surface area (Å²) in [5.41, 5.74) is 3.51. The second-order valence-electron chi connectivity index (χ2n) is 6.96. The summed E-state index contributed by atoms with van der Waals surface area (Å²) in [5.74, 6) is 0.608. The van der Waals surface area contributed by atoms with Crippen LogP contribution in [0.3, 0.4) is 0 Å². The maximum atomic E-state index is 12.6. The second-order valence-corrected chi connectivity index (χ2v) is 8.86. The Balaban J connectivity index is 1.78. The highest BCUT2D eigenvalue weighted by Gasteiger charge is 2.24. The summed E-state index contributed by atoms with van der Waals surface area (Å²) in [4.78, 5) is 12.6. The van der Waals surface area contributed by atoms with Crippen LogP contribution in [-0.2, 0) is 14.8 Å². The lowest BCUT2D eigenvalue weighted by atomic mass is 10.00. The molecule has 2 aromatic carbocycles. The van der Waals surface area contributed by atoms with Gasteiger partial charge >= 0.3 is 0 Å². The van der Waals surface area contributed by atoms with Crippen LogP contribution < -0.4 is 19.1 Å². The van der Waals surface area contributed by atoms with Crippen molar-refractivity contribution < 1.29 is 22.7 Å². The topological polar surface area (TPSA) is 84.9 Å². The summed E-state index contributed by atoms with van der Waals surface area (Å²) < 4.78 is 36.2. The number of ether oxygens (including phenoxy) is 2. The molecule has 8 heteroatoms. The fraction of sp³-hybridized carbons (Fsp3) is 0.350. The molecule has 0 aromatic heterocycles. The van der Waals surface area contributed by atoms with E-state index in [-0.39, 0.29) is 19.4 Å². The molecule has 1 heterocycles. The molecule has 0 aliphatic carbocycles. The first kappa shape index (κ1) is 20.0. The first-order chi connectivity index (χ1) is 13.1. The molecule has 0 bridgehead atoms. The minimum atomic E-state index is -3.67. The molecule has 0 saturated carbocycles. The number of benzene rings is 2. The predicted molar refractivity (Wildman–Crippen MR) is 107 cm³/mol. The van der Waals surface area contributed by atoms with E-state index in [1.807, 2.05) is 39.0 Å². The number of aryl methyl sites for hydroxylation is 2. The number of sulfonamides is 1. The normalized spacial score (nSPS) is 13.9. The van der Waals surface area contributed by atoms with Gasteiger partial charge in [0.15, 0.2) is 11.5 Å². The second kappa shape index (κ2) is 7.71. The summed E-state index contributed by atoms with van der Waals surface area (Å²) >= 11 is 0. The van der Waals surface area contributed by atoms with Crippen LogP contribution in [0.4, 0.5) is 5.69 Å². The number of rotatable bonds is 6. The third-order valence-corrected chi connectivity index (χ3v) is 5.75. The minimum absolute atomic E-state index is 0.0888. The Labute approximate surface area is 165 Å². The SMILES string of the molecule is Cc1ccc(C)c([C@H](C)NC(=O)CN(c2ccc3c(c2)OCO3)S(C)(=O)=O)c1. The van der Waals surface area contributed by atoms with Gasteiger partial charge in [-0.25, -0.2) is 8.42 Å². The van der Waals surface area contributed by atoms with Crippen LogP contribution in [0.25, 0.3) is 0 Å². The zero-order valence-electron chi connectivity index (χ0n) is 16.4. The highest BCUT2D eigenvalue weighted by Crippen LogP contribution is 2.36. The molecule has 0 radical (unpaired) electrons. The molecule has 1 aliphatic rings. The molecule has 0 fully saturated rings. The molecule has 1 aliphatic heterocycles. The van der Waals surface area contributed by atoms with Crippen molar-refractivity contribution in [1.29, 1.82) is 0 Å². The number of amides is 1. The number of hydrogen-bond acceptors (Lipinski definition) is 5. The Bertz CT molecular complexity index is 1000. The van der Waals surface area contributed by atoms with Gasteiger partial charge < -0.3 is 14.8 Å². The van der Waals surface area contributed by atoms with Gasteiger partial charge in [-0.05, 0) is 44.0 Å². The maximum Gasteiger partial charge on any atom is 0.241 e. The summed E-state index contributed by atoms with van der Waals surface area (Å²) in [6, 6.07) is 10.6. The first-order valence-corrected chi connectivity index (χ1v) is 10.7. The minimum Gasteiger partial charge on any atom is -0.454 e. The van der Waals surface area contributed by atoms with Crippen LogP contribution in [0.5, 0.6) is 11.5 Å². The van der Waals surface area contributed by atoms with Gasteiger partial charge in [-0.3, -0.25) is 9.10 Å². The molecule has 150 valence electrons. The molecular formula is C20H24N2O5S. The average Bonchev–Trinajstić information content (AvgIpc) is 3.08. The van der Waals surface area contributed by atoms with Crippen LogP contribution in [0.15, 0.2) is 36.4 Å². The molecule has 3 rings (SSSR count). The molecule has 1 amide bonds. The standard InChI is InChI=1S/C20H24N2O5S/c1-13-5-6-14(2)17(9-13)15(3)21-20(23)11-22(28(4,24)25)16-7-8-18-19(10-16)27-12-26-18/h5-10,15H,11-12H2,1-4H3,(H,21,23)/t15-/m0/s1. The van der Waals surface area contributed by atoms with E-state index >= 15 is 0 Å². The van der Waals surface area contributed by atoms with E-state index in [2.05, 4.69) is 5.32 Å². The van der Waals surface area contributed by atoms with Gasteiger partial charge in [0.2, 0.25) is 22.7 Å². The van der Waals surface area contributed by atoms with E-state index in [1.54, 1.807) is 18.2 Å². The summed E-state index contributed by atoms with van der Waals surface area (Å²) in [6.45, 7) is 5.61. The summed E-state index contributed by atoms with van der Waals surface area (Å²) in [7, 11) is -3.67. The smallest absolute Gasteiger partial charge is 0.241 e. The van der Waals surface area contributed by atoms with Gasteiger partial charge in [0.25, 0.3) is 0 Å². The van der Waals surface area contributed by atoms with Gasteiger partial charge in [0.05, 0.1) is 18.0 Å². The van der Waals surface area contributed by atoms with E-state index in [0.29, 0.717) is 17.2 Å². The van der Waals surface area contributed by atoms with Gasteiger partial charge in [-0.1, -0.05) is 23.8 Å². The van der Waals surface area contributed by atoms with Crippen molar-refractivity contribution >= 4 is 21.6 Å². The Morgan fingerprint density at radius 3 is 2.57 bits per heavy atom. The fourth-order valence-corrected chi connectivity index (χ4v) is 4.01. The Morgan fingerprint density at radius 1 is 1.14 bits per heavy atom. The average molecular weight is 404 g/mol. The monoisotopic (exact) mass is 404 g/mol. The van der Waals surface area contributed by atoms with Crippen molar-refractivity contribution in [3.8, 4) is 11.5 Å². The first-order valence-electron chi connectivity index (χ1n) is 8.89. The zero-order valence-corrected chi connectivity index (χ0v) is 17.2. The molecule has 0 saturated heterocycles. The number of carbonyl (C=O) groups is 1. The number of carbonyl (C=O) groups excluding carboxylic acids is 1. The van der Waals surface area contributed by atoms with E-state index in [0.717, 1.165) is 27.3 Å². The van der Waals surface area contributed by atoms with Crippen molar-refractivity contribution in [1.82, 2.24) is 5.32 Å². The van der Waals surface area contributed by atoms with E-state index in [1.165, 1.54) is 0 Å². The molecule has 0 unspecified atom stereocenters. The van der Waals surface area contributed by atoms with Crippen molar-refractivity contribution in [2.24, 2.45) is 0 Å². The number of nitrogens with zero attached hydrogens (tertiary/aromatic N) is 1. The Hall–Kier alpha value is -2.74. The third-order valence-electron chi connectivity index (χ3n) is 4.61. The Kier molecular flexibility index (Phi) is 5.51. The summed E-state index contributed by atoms with van der Waals surface area (Å²) in [5, 5.41) is 2.89. The van der Waals surface area contributed by atoms with E-state index < -0.39 is 15.9 Å². The van der Waals surface area contributed by atoms with Crippen LogP contribution in [0, 0.1) is 13.8 Å². The number of hydrogen-bond donors (Lipinski definition) is 1. The maximum absolute atomic E-state index is 12.6. The fourth-order valence-electron chi connectivity index (χ4n) is 3.16. The van der Waals surface area contributed by atoms with Crippen LogP contribution in [-0.4, -0.2) is 33.9 Å². The molecule has 1 atom stereocenters. The summed E-state index contributed by atoms with van der Waals surface area (Å²) in [6.07, 6.45) is 1.07. The zero-order chi connectivity index (χ0) is 20.5. The Morgan fingerprint density at radius 2 is 1.86 bits per heavy atom. The predicted octanol–water partition coefficient (Wildman–Crippen LogP) is 2.68. The largest absolute Gasteiger partial charge is 0.454 e. The van der Waals surface area contributed by atoms with Gasteiger partial charge in [-0.2, -0.15) is 0 Å². The highest BCUT2D eigenvalue weighted by molar-refractivity contribution is 7.92. The highest BCUT2D eigenvalue weighted by atomic mass is 32.2. The lowest BCUT2D eigenvalue weighted by Gasteiger charge is -2.24. The quantitative estimate of drug-likeness (QED) is 0.800. The number of fused-ring (bicyclic) bond motifs is 1. The van der Waals surface area contributed by atoms with Gasteiger partial charge in [0, 0.05) is 6.07 Å². The van der Waals surface area contributed by atoms with Crippen molar-refractivity contribution in [2.75, 3.05) is 23.9 Å². The van der Waals surface area contributed by atoms with Crippen LogP contribution in [0.1, 0.15) is 29.7 Å². The third kappa shape index (κ3) is 4.39. The molecule has 7 nitrogen and oxygen atoms in total. The van der Waals surface area contributed by atoms with E-state index in [4.69, 9.17) is 9.47 Å². The van der Waals surface area contributed by atoms with Crippen molar-refractivity contribution in [2.45, 2.75) is 26.8 Å². The molecule has 2 aromatic rings. The van der Waals surface area contributed by atoms with Gasteiger partial charge in [0.1, 0.15) is 6.54 Å².